The summed E-state index contributed by atoms with van der Waals surface area (Å²) < 4.78 is 33.8. The Balaban J connectivity index is 1.92. The fraction of sp³-hybridized carbons (Fsp3) is 0.231. The smallest absolute Gasteiger partial charge is 0.336 e. The summed E-state index contributed by atoms with van der Waals surface area (Å²) in [4.78, 5) is 41.4. The molecule has 2 aromatic heterocycles. The van der Waals surface area contributed by atoms with Gasteiger partial charge in [0.2, 0.25) is 0 Å². The Kier molecular flexibility index (Phi) is 6.71. The highest BCUT2D eigenvalue weighted by Crippen LogP contribution is 2.34. The van der Waals surface area contributed by atoms with E-state index < -0.39 is 28.4 Å². The lowest BCUT2D eigenvalue weighted by Gasteiger charge is -2.21. The molecule has 2 N–H and O–H groups in total. The van der Waals surface area contributed by atoms with Gasteiger partial charge in [0.05, 0.1) is 21.9 Å². The van der Waals surface area contributed by atoms with E-state index in [1.165, 1.54) is 47.4 Å². The van der Waals surface area contributed by atoms with Gasteiger partial charge in [0.1, 0.15) is 22.8 Å². The Morgan fingerprint density at radius 3 is 2.42 bits per heavy atom. The van der Waals surface area contributed by atoms with Gasteiger partial charge in [-0.15, -0.1) is 0 Å². The normalized spacial score (nSPS) is 13.1. The van der Waals surface area contributed by atoms with Crippen molar-refractivity contribution in [2.75, 3.05) is 10.6 Å². The lowest BCUT2D eigenvalue weighted by atomic mass is 10.1. The van der Waals surface area contributed by atoms with Crippen LogP contribution in [0.15, 0.2) is 50.8 Å². The van der Waals surface area contributed by atoms with Crippen molar-refractivity contribution in [2.45, 2.75) is 32.7 Å². The number of rotatable bonds is 5. The zero-order chi connectivity index (χ0) is 27.5. The van der Waals surface area contributed by atoms with Crippen LogP contribution in [0.3, 0.4) is 0 Å². The maximum Gasteiger partial charge on any atom is 0.336 e. The number of benzene rings is 2. The summed E-state index contributed by atoms with van der Waals surface area (Å²) in [6.07, 6.45) is 1.25. The topological polar surface area (TPSA) is 90.1 Å². The Bertz CT molecular complexity index is 1840. The molecule has 0 unspecified atom stereocenters. The van der Waals surface area contributed by atoms with Crippen LogP contribution >= 0.6 is 34.8 Å². The second-order valence-electron chi connectivity index (χ2n) is 9.21. The number of fused-ring (bicyclic) bond motifs is 1. The average Bonchev–Trinajstić information content (AvgIpc) is 3.66. The first-order valence-electron chi connectivity index (χ1n) is 11.7. The number of nitrogens with zero attached hydrogens (tertiary/aromatic N) is 3. The summed E-state index contributed by atoms with van der Waals surface area (Å²) in [7, 11) is 1.46. The van der Waals surface area contributed by atoms with E-state index in [-0.39, 0.29) is 39.7 Å². The first kappa shape index (κ1) is 26.2. The van der Waals surface area contributed by atoms with Gasteiger partial charge in [-0.25, -0.2) is 13.6 Å². The largest absolute Gasteiger partial charge is 0.350 e. The molecule has 2 aromatic carbocycles. The van der Waals surface area contributed by atoms with Crippen LogP contribution in [0.4, 0.5) is 26.0 Å². The van der Waals surface area contributed by atoms with Crippen molar-refractivity contribution in [1.82, 2.24) is 13.7 Å². The van der Waals surface area contributed by atoms with E-state index in [0.717, 1.165) is 10.6 Å². The second kappa shape index (κ2) is 9.73. The van der Waals surface area contributed by atoms with Crippen LogP contribution < -0.4 is 27.4 Å². The van der Waals surface area contributed by atoms with E-state index in [9.17, 15) is 23.2 Å². The number of anilines is 3. The Labute approximate surface area is 234 Å². The monoisotopic (exact) mass is 649 g/mol. The lowest BCUT2D eigenvalue weighted by molar-refractivity contribution is 0.621. The minimum atomic E-state index is -0.691. The Morgan fingerprint density at radius 2 is 1.79 bits per heavy atom. The Hall–Kier alpha value is -3.39. The lowest BCUT2D eigenvalue weighted by Crippen LogP contribution is -2.41. The van der Waals surface area contributed by atoms with Gasteiger partial charge in [-0.2, -0.15) is 0 Å². The average molecular weight is 649 g/mol. The van der Waals surface area contributed by atoms with E-state index >= 15 is 0 Å². The third kappa shape index (κ3) is 4.55. The molecule has 4 aromatic rings. The van der Waals surface area contributed by atoms with Gasteiger partial charge >= 0.3 is 5.69 Å². The van der Waals surface area contributed by atoms with Gasteiger partial charge in [0.15, 0.2) is 0 Å². The van der Waals surface area contributed by atoms with Crippen LogP contribution in [0.2, 0.25) is 0 Å². The molecule has 0 spiro atoms. The zero-order valence-corrected chi connectivity index (χ0v) is 23.5. The number of pyridine rings is 1. The van der Waals surface area contributed by atoms with Crippen molar-refractivity contribution in [2.24, 2.45) is 7.05 Å². The summed E-state index contributed by atoms with van der Waals surface area (Å²) in [5.41, 5.74) is -1.22. The number of hydrogen-bond donors (Lipinski definition) is 2. The van der Waals surface area contributed by atoms with Crippen molar-refractivity contribution in [1.29, 1.82) is 0 Å². The number of hydrogen-bond acceptors (Lipinski definition) is 5. The van der Waals surface area contributed by atoms with Crippen LogP contribution in [-0.4, -0.2) is 18.7 Å². The molecule has 0 atom stereocenters. The second-order valence-corrected chi connectivity index (χ2v) is 11.1. The molecule has 5 rings (SSSR count). The van der Waals surface area contributed by atoms with Gasteiger partial charge in [-0.3, -0.25) is 23.3 Å². The van der Waals surface area contributed by atoms with Crippen LogP contribution in [0.5, 0.6) is 0 Å². The molecule has 0 amide bonds. The number of nitrogens with one attached hydrogen (secondary N) is 2. The maximum absolute atomic E-state index is 14.8. The highest BCUT2D eigenvalue weighted by molar-refractivity contribution is 14.1. The number of thiocarbonyl (C=S) groups is 1. The summed E-state index contributed by atoms with van der Waals surface area (Å²) in [6.45, 7) is 3.13. The number of halogens is 3. The third-order valence-electron chi connectivity index (χ3n) is 6.40. The van der Waals surface area contributed by atoms with Gasteiger partial charge < -0.3 is 10.6 Å². The fourth-order valence-electron chi connectivity index (χ4n) is 4.55. The summed E-state index contributed by atoms with van der Waals surface area (Å²) in [5.74, 6) is -1.20. The summed E-state index contributed by atoms with van der Waals surface area (Å²) in [5, 5.41) is 5.78. The van der Waals surface area contributed by atoms with E-state index in [2.05, 4.69) is 10.6 Å². The number of aryl methyl sites for hydroxylation is 1. The van der Waals surface area contributed by atoms with Gasteiger partial charge in [-0.1, -0.05) is 12.2 Å². The molecule has 0 aliphatic heterocycles. The number of aromatic nitrogens is 3. The van der Waals surface area contributed by atoms with E-state index in [1.807, 2.05) is 22.6 Å². The standard InChI is InChI=1S/C26H22F2IN5O3S/c1-12-22-21(23(32(3)24(12)35)31-20-7-4-15(29)10-19(20)28)25(36)34(17-5-6-17)26(37)33(22)18-9-14(27)8-16(11-18)30-13(2)38/h4,7-11,17,31H,5-6H2,1-3H3,(H,30,38). The molecule has 1 fully saturated rings. The molecule has 2 heterocycles. The Morgan fingerprint density at radius 1 is 1.08 bits per heavy atom. The fourth-order valence-corrected chi connectivity index (χ4v) is 5.12. The maximum atomic E-state index is 14.8. The van der Waals surface area contributed by atoms with E-state index in [1.54, 1.807) is 13.0 Å². The molecule has 1 aliphatic carbocycles. The van der Waals surface area contributed by atoms with Crippen LogP contribution in [-0.2, 0) is 7.05 Å². The molecular weight excluding hydrogens is 627 g/mol. The predicted molar refractivity (Wildman–Crippen MR) is 156 cm³/mol. The summed E-state index contributed by atoms with van der Waals surface area (Å²) >= 11 is 7.06. The highest BCUT2D eigenvalue weighted by atomic mass is 127. The minimum absolute atomic E-state index is 0.0128. The van der Waals surface area contributed by atoms with Crippen molar-refractivity contribution >= 4 is 67.9 Å². The first-order valence-corrected chi connectivity index (χ1v) is 13.2. The van der Waals surface area contributed by atoms with E-state index in [0.29, 0.717) is 27.1 Å². The molecule has 1 saturated carbocycles. The molecular formula is C26H22F2IN5O3S. The van der Waals surface area contributed by atoms with Crippen molar-refractivity contribution < 1.29 is 8.78 Å². The van der Waals surface area contributed by atoms with Crippen molar-refractivity contribution in [3.63, 3.8) is 0 Å². The first-order chi connectivity index (χ1) is 18.0. The SMILES string of the molecule is CC(=S)Nc1cc(F)cc(-n2c(=O)n(C3CC3)c(=O)c3c(Nc4ccc(I)cc4F)n(C)c(=O)c(C)c32)c1. The van der Waals surface area contributed by atoms with Gasteiger partial charge in [0, 0.05) is 27.9 Å². The van der Waals surface area contributed by atoms with Crippen molar-refractivity contribution in [3.05, 3.63) is 88.4 Å². The predicted octanol–water partition coefficient (Wildman–Crippen LogP) is 4.88. The van der Waals surface area contributed by atoms with Crippen LogP contribution in [0.25, 0.3) is 16.6 Å². The molecule has 38 heavy (non-hydrogen) atoms. The third-order valence-corrected chi connectivity index (χ3v) is 7.17. The van der Waals surface area contributed by atoms with Crippen LogP contribution in [0.1, 0.15) is 31.4 Å². The quantitative estimate of drug-likeness (QED) is 0.237. The zero-order valence-electron chi connectivity index (χ0n) is 20.6. The molecule has 1 aliphatic rings. The molecule has 8 nitrogen and oxygen atoms in total. The molecule has 196 valence electrons. The molecule has 0 radical (unpaired) electrons. The molecule has 12 heteroatoms. The molecule has 0 bridgehead atoms. The van der Waals surface area contributed by atoms with E-state index in [4.69, 9.17) is 12.2 Å². The van der Waals surface area contributed by atoms with Gasteiger partial charge in [0.25, 0.3) is 11.1 Å². The highest BCUT2D eigenvalue weighted by Gasteiger charge is 2.31. The summed E-state index contributed by atoms with van der Waals surface area (Å²) in [6, 6.07) is 8.05. The minimum Gasteiger partial charge on any atom is -0.350 e. The van der Waals surface area contributed by atoms with Crippen LogP contribution in [0, 0.1) is 22.1 Å². The molecule has 0 saturated heterocycles. The van der Waals surface area contributed by atoms with Gasteiger partial charge in [-0.05, 0) is 85.7 Å². The van der Waals surface area contributed by atoms with Crippen molar-refractivity contribution in [3.8, 4) is 5.69 Å².